The number of nitrogens with one attached hydrogen (secondary N) is 1. The molecule has 1 aromatic heterocycles. The maximum Gasteiger partial charge on any atom is 0.255 e. The van der Waals surface area contributed by atoms with Gasteiger partial charge in [-0.1, -0.05) is 42.5 Å². The van der Waals surface area contributed by atoms with Gasteiger partial charge in [-0.05, 0) is 65.7 Å². The average Bonchev–Trinajstić information content (AvgIpc) is 3.23. The SMILES string of the molecule is O=C(Nc1ccc2nn(-c3ccc(F)cc3)nc2c1)c1ccc(-c2ccccc2)cc1. The minimum Gasteiger partial charge on any atom is -0.322 e. The van der Waals surface area contributed by atoms with E-state index in [0.29, 0.717) is 28.0 Å². The Morgan fingerprint density at radius 1 is 0.742 bits per heavy atom. The van der Waals surface area contributed by atoms with Crippen LogP contribution in [0.4, 0.5) is 10.1 Å². The molecule has 150 valence electrons. The Labute approximate surface area is 177 Å². The number of fused-ring (bicyclic) bond motifs is 1. The van der Waals surface area contributed by atoms with Crippen molar-refractivity contribution in [2.75, 3.05) is 5.32 Å². The lowest BCUT2D eigenvalue weighted by Gasteiger charge is -2.06. The molecule has 6 heteroatoms. The highest BCUT2D eigenvalue weighted by molar-refractivity contribution is 6.05. The van der Waals surface area contributed by atoms with E-state index >= 15 is 0 Å². The summed E-state index contributed by atoms with van der Waals surface area (Å²) in [5.41, 5.74) is 5.29. The van der Waals surface area contributed by atoms with Crippen molar-refractivity contribution >= 4 is 22.6 Å². The molecule has 0 saturated carbocycles. The quantitative estimate of drug-likeness (QED) is 0.428. The highest BCUT2D eigenvalue weighted by Gasteiger charge is 2.10. The van der Waals surface area contributed by atoms with E-state index in [1.54, 1.807) is 42.5 Å². The Balaban J connectivity index is 1.35. The molecule has 4 aromatic carbocycles. The van der Waals surface area contributed by atoms with Crippen LogP contribution in [0.25, 0.3) is 27.8 Å². The molecule has 0 spiro atoms. The Kier molecular flexibility index (Phi) is 4.72. The van der Waals surface area contributed by atoms with Crippen LogP contribution in [-0.4, -0.2) is 20.9 Å². The third-order valence-corrected chi connectivity index (χ3v) is 4.95. The molecule has 0 fully saturated rings. The second-order valence-corrected chi connectivity index (χ2v) is 7.07. The summed E-state index contributed by atoms with van der Waals surface area (Å²) in [6, 6.07) is 28.7. The zero-order chi connectivity index (χ0) is 21.2. The molecule has 5 nitrogen and oxygen atoms in total. The number of carbonyl (C=O) groups excluding carboxylic acids is 1. The maximum absolute atomic E-state index is 13.1. The van der Waals surface area contributed by atoms with Gasteiger partial charge in [0.2, 0.25) is 0 Å². The Hall–Kier alpha value is -4.32. The fourth-order valence-corrected chi connectivity index (χ4v) is 3.33. The molecular formula is C25H17FN4O. The average molecular weight is 408 g/mol. The summed E-state index contributed by atoms with van der Waals surface area (Å²) < 4.78 is 13.1. The number of benzene rings is 4. The first-order valence-electron chi connectivity index (χ1n) is 9.76. The number of rotatable bonds is 4. The first-order chi connectivity index (χ1) is 15.2. The van der Waals surface area contributed by atoms with Crippen LogP contribution in [0.2, 0.25) is 0 Å². The van der Waals surface area contributed by atoms with E-state index in [2.05, 4.69) is 15.5 Å². The molecule has 1 heterocycles. The van der Waals surface area contributed by atoms with E-state index in [9.17, 15) is 9.18 Å². The second-order valence-electron chi connectivity index (χ2n) is 7.07. The third kappa shape index (κ3) is 3.91. The molecular weight excluding hydrogens is 391 g/mol. The minimum absolute atomic E-state index is 0.204. The Bertz CT molecular complexity index is 1360. The van der Waals surface area contributed by atoms with Gasteiger partial charge in [0, 0.05) is 11.3 Å². The smallest absolute Gasteiger partial charge is 0.255 e. The van der Waals surface area contributed by atoms with Crippen molar-refractivity contribution in [2.45, 2.75) is 0 Å². The van der Waals surface area contributed by atoms with E-state index in [1.165, 1.54) is 16.9 Å². The molecule has 1 amide bonds. The molecule has 31 heavy (non-hydrogen) atoms. The molecule has 5 rings (SSSR count). The van der Waals surface area contributed by atoms with Crippen LogP contribution in [0.15, 0.2) is 97.1 Å². The van der Waals surface area contributed by atoms with Crippen LogP contribution < -0.4 is 5.32 Å². The van der Waals surface area contributed by atoms with Crippen LogP contribution in [0.5, 0.6) is 0 Å². The molecule has 0 aliphatic heterocycles. The highest BCUT2D eigenvalue weighted by atomic mass is 19.1. The van der Waals surface area contributed by atoms with Crippen molar-refractivity contribution in [1.82, 2.24) is 15.0 Å². The molecule has 0 radical (unpaired) electrons. The van der Waals surface area contributed by atoms with Crippen LogP contribution in [0.3, 0.4) is 0 Å². The van der Waals surface area contributed by atoms with E-state index < -0.39 is 0 Å². The number of halogens is 1. The first-order valence-corrected chi connectivity index (χ1v) is 9.76. The number of hydrogen-bond acceptors (Lipinski definition) is 3. The van der Waals surface area contributed by atoms with Gasteiger partial charge in [0.05, 0.1) is 5.69 Å². The zero-order valence-corrected chi connectivity index (χ0v) is 16.4. The van der Waals surface area contributed by atoms with Crippen molar-refractivity contribution in [3.8, 4) is 16.8 Å². The second kappa shape index (κ2) is 7.84. The van der Waals surface area contributed by atoms with Gasteiger partial charge in [-0.25, -0.2) is 4.39 Å². The molecule has 0 aliphatic rings. The van der Waals surface area contributed by atoms with Gasteiger partial charge in [0.1, 0.15) is 16.9 Å². The van der Waals surface area contributed by atoms with Crippen molar-refractivity contribution in [3.63, 3.8) is 0 Å². The zero-order valence-electron chi connectivity index (χ0n) is 16.4. The van der Waals surface area contributed by atoms with Gasteiger partial charge in [-0.3, -0.25) is 4.79 Å². The monoisotopic (exact) mass is 408 g/mol. The number of carbonyl (C=O) groups is 1. The normalized spacial score (nSPS) is 10.9. The molecule has 1 N–H and O–H groups in total. The van der Waals surface area contributed by atoms with Crippen LogP contribution in [0, 0.1) is 5.82 Å². The van der Waals surface area contributed by atoms with Gasteiger partial charge >= 0.3 is 0 Å². The first kappa shape index (κ1) is 18.7. The lowest BCUT2D eigenvalue weighted by Crippen LogP contribution is -2.11. The standard InChI is InChI=1S/C25H17FN4O/c26-20-10-13-22(14-11-20)30-28-23-15-12-21(16-24(23)29-30)27-25(31)19-8-6-18(7-9-19)17-4-2-1-3-5-17/h1-16H,(H,27,31). The van der Waals surface area contributed by atoms with Gasteiger partial charge in [-0.15, -0.1) is 10.2 Å². The fraction of sp³-hybridized carbons (Fsp3) is 0. The van der Waals surface area contributed by atoms with E-state index in [4.69, 9.17) is 0 Å². The molecule has 0 aliphatic carbocycles. The number of amides is 1. The molecule has 0 saturated heterocycles. The maximum atomic E-state index is 13.1. The number of aromatic nitrogens is 3. The lowest BCUT2D eigenvalue weighted by molar-refractivity contribution is 0.102. The summed E-state index contributed by atoms with van der Waals surface area (Å²) in [6.07, 6.45) is 0. The number of hydrogen-bond donors (Lipinski definition) is 1. The molecule has 0 atom stereocenters. The summed E-state index contributed by atoms with van der Waals surface area (Å²) in [5, 5.41) is 11.7. The van der Waals surface area contributed by atoms with E-state index in [-0.39, 0.29) is 11.7 Å². The topological polar surface area (TPSA) is 59.8 Å². The van der Waals surface area contributed by atoms with Crippen LogP contribution in [0.1, 0.15) is 10.4 Å². The van der Waals surface area contributed by atoms with Gasteiger partial charge in [-0.2, -0.15) is 4.80 Å². The van der Waals surface area contributed by atoms with Crippen molar-refractivity contribution in [1.29, 1.82) is 0 Å². The fourth-order valence-electron chi connectivity index (χ4n) is 3.33. The van der Waals surface area contributed by atoms with Gasteiger partial charge in [0.25, 0.3) is 5.91 Å². The number of nitrogens with zero attached hydrogens (tertiary/aromatic N) is 3. The summed E-state index contributed by atoms with van der Waals surface area (Å²) in [6.45, 7) is 0. The van der Waals surface area contributed by atoms with E-state index in [0.717, 1.165) is 11.1 Å². The van der Waals surface area contributed by atoms with Crippen molar-refractivity contribution in [2.24, 2.45) is 0 Å². The summed E-state index contributed by atoms with van der Waals surface area (Å²) in [7, 11) is 0. The summed E-state index contributed by atoms with van der Waals surface area (Å²) in [4.78, 5) is 14.1. The molecule has 0 bridgehead atoms. The molecule has 0 unspecified atom stereocenters. The van der Waals surface area contributed by atoms with E-state index in [1.807, 2.05) is 42.5 Å². The largest absolute Gasteiger partial charge is 0.322 e. The summed E-state index contributed by atoms with van der Waals surface area (Å²) in [5.74, 6) is -0.521. The van der Waals surface area contributed by atoms with Crippen molar-refractivity contribution < 1.29 is 9.18 Å². The lowest BCUT2D eigenvalue weighted by atomic mass is 10.0. The Morgan fingerprint density at radius 2 is 1.42 bits per heavy atom. The van der Waals surface area contributed by atoms with Gasteiger partial charge < -0.3 is 5.32 Å². The van der Waals surface area contributed by atoms with Crippen molar-refractivity contribution in [3.05, 3.63) is 108 Å². The number of anilines is 1. The predicted molar refractivity (Wildman–Crippen MR) is 119 cm³/mol. The predicted octanol–water partition coefficient (Wildman–Crippen LogP) is 5.48. The third-order valence-electron chi connectivity index (χ3n) is 4.95. The van der Waals surface area contributed by atoms with Gasteiger partial charge in [0.15, 0.2) is 0 Å². The van der Waals surface area contributed by atoms with Crippen LogP contribution in [-0.2, 0) is 0 Å². The molecule has 5 aromatic rings. The Morgan fingerprint density at radius 3 is 2.16 bits per heavy atom. The highest BCUT2D eigenvalue weighted by Crippen LogP contribution is 2.21. The summed E-state index contributed by atoms with van der Waals surface area (Å²) >= 11 is 0. The minimum atomic E-state index is -0.317. The van der Waals surface area contributed by atoms with Crippen LogP contribution >= 0.6 is 0 Å².